The third-order valence-corrected chi connectivity index (χ3v) is 23.4. The van der Waals surface area contributed by atoms with Gasteiger partial charge < -0.3 is 18.9 Å². The summed E-state index contributed by atoms with van der Waals surface area (Å²) < 4.78 is 305. The average molecular weight is 1530 g/mol. The lowest BCUT2D eigenvalue weighted by atomic mass is 9.33. The molecule has 20 aromatic rings. The van der Waals surface area contributed by atoms with Crippen LogP contribution >= 0.6 is 11.3 Å². The lowest BCUT2D eigenvalue weighted by molar-refractivity contribution is 0.590. The molecule has 0 radical (unpaired) electrons. The quantitative estimate of drug-likeness (QED) is 0.120. The molecule has 2 aliphatic rings. The minimum absolute atomic E-state index is 0.166. The number of anilines is 6. The Morgan fingerprint density at radius 3 is 1.09 bits per heavy atom. The number of hydrogen-bond donors (Lipinski definition) is 0. The Hall–Kier alpha value is -13.8. The highest BCUT2D eigenvalue weighted by molar-refractivity contribution is 7.25. The Balaban J connectivity index is 1.01. The van der Waals surface area contributed by atoms with Crippen LogP contribution in [0.4, 0.5) is 34.1 Å². The highest BCUT2D eigenvalue weighted by atomic mass is 32.1. The zero-order chi connectivity index (χ0) is 104. The summed E-state index contributed by atoms with van der Waals surface area (Å²) in [6, 6.07) is 37.5. The van der Waals surface area contributed by atoms with Crippen LogP contribution in [0.5, 0.6) is 0 Å². The van der Waals surface area contributed by atoms with Crippen molar-refractivity contribution in [2.75, 3.05) is 9.80 Å². The number of hydrogen-bond acceptors (Lipinski definition) is 3. The van der Waals surface area contributed by atoms with Crippen LogP contribution in [-0.2, 0) is 10.8 Å². The number of fused-ring (bicyclic) bond motifs is 13. The van der Waals surface area contributed by atoms with Crippen LogP contribution in [0.1, 0.15) is 93.8 Å². The van der Waals surface area contributed by atoms with E-state index in [1.807, 2.05) is 204 Å². The maximum atomic E-state index is 12.1. The van der Waals surface area contributed by atoms with E-state index in [0.717, 1.165) is 40.4 Å². The summed E-state index contributed by atoms with van der Waals surface area (Å²) in [5, 5.41) is -0.435. The molecule has 0 unspecified atom stereocenters. The predicted octanol–water partition coefficient (Wildman–Crippen LogP) is 28.6. The highest BCUT2D eigenvalue weighted by Gasteiger charge is 2.46. The second kappa shape index (κ2) is 27.0. The average Bonchev–Trinajstić information content (AvgIpc) is 1.14. The lowest BCUT2D eigenvalue weighted by Gasteiger charge is -2.46. The van der Waals surface area contributed by atoms with Crippen molar-refractivity contribution in [3.8, 4) is 89.3 Å². The molecule has 0 N–H and O–H groups in total. The van der Waals surface area contributed by atoms with E-state index in [9.17, 15) is 32.9 Å². The van der Waals surface area contributed by atoms with Gasteiger partial charge in [0.25, 0.3) is 6.71 Å². The van der Waals surface area contributed by atoms with Crippen molar-refractivity contribution in [2.24, 2.45) is 0 Å². The van der Waals surface area contributed by atoms with Crippen molar-refractivity contribution in [2.45, 2.75) is 52.4 Å². The van der Waals surface area contributed by atoms with Crippen LogP contribution in [0.2, 0.25) is 0 Å². The summed E-state index contributed by atoms with van der Waals surface area (Å²) in [5.41, 5.74) is -1.14. The van der Waals surface area contributed by atoms with Gasteiger partial charge in [0.2, 0.25) is 0 Å². The monoisotopic (exact) mass is 1530 g/mol. The molecule has 0 fully saturated rings. The van der Waals surface area contributed by atoms with Crippen molar-refractivity contribution in [1.29, 1.82) is 0 Å². The third-order valence-electron chi connectivity index (χ3n) is 22.3. The first-order valence-corrected chi connectivity index (χ1v) is 38.9. The van der Waals surface area contributed by atoms with Crippen LogP contribution in [0.25, 0.3) is 153 Å². The summed E-state index contributed by atoms with van der Waals surface area (Å²) >= 11 is 1.57. The molecule has 6 heteroatoms. The predicted molar refractivity (Wildman–Crippen MR) is 497 cm³/mol. The number of aromatic nitrogens is 2. The summed E-state index contributed by atoms with van der Waals surface area (Å²) in [4.78, 5) is 3.64. The number of nitrogens with zero attached hydrogens (tertiary/aromatic N) is 4. The molecule has 5 heterocycles. The van der Waals surface area contributed by atoms with Crippen LogP contribution in [0, 0.1) is 0 Å². The summed E-state index contributed by atoms with van der Waals surface area (Å²) in [7, 11) is 0. The molecule has 3 aromatic heterocycles. The fourth-order valence-electron chi connectivity index (χ4n) is 16.7. The Morgan fingerprint density at radius 1 is 0.276 bits per heavy atom. The zero-order valence-corrected chi connectivity index (χ0v) is 64.1. The van der Waals surface area contributed by atoms with E-state index in [1.54, 1.807) is 11.3 Å². The van der Waals surface area contributed by atoms with E-state index in [1.165, 1.54) is 0 Å². The largest absolute Gasteiger partial charge is 0.310 e. The number of rotatable bonds is 11. The van der Waals surface area contributed by atoms with Gasteiger partial charge in [-0.05, 0) is 209 Å². The molecule has 0 saturated carbocycles. The van der Waals surface area contributed by atoms with Crippen molar-refractivity contribution in [3.63, 3.8) is 0 Å². The van der Waals surface area contributed by atoms with Crippen molar-refractivity contribution in [3.05, 3.63) is 393 Å². The minimum atomic E-state index is -1.84. The van der Waals surface area contributed by atoms with E-state index in [0.29, 0.717) is 67.0 Å². The topological polar surface area (TPSA) is 16.3 Å². The van der Waals surface area contributed by atoms with E-state index in [-0.39, 0.29) is 39.1 Å². The molecule has 0 amide bonds. The van der Waals surface area contributed by atoms with Crippen LogP contribution in [-0.4, -0.2) is 15.8 Å². The zero-order valence-electron chi connectivity index (χ0n) is 93.3. The van der Waals surface area contributed by atoms with Crippen LogP contribution in [0.3, 0.4) is 0 Å². The molecular weight excluding hydrogens is 1420 g/mol. The molecule has 4 nitrogen and oxygen atoms in total. The first-order valence-electron chi connectivity index (χ1n) is 53.1. The van der Waals surface area contributed by atoms with Gasteiger partial charge in [0.1, 0.15) is 0 Å². The third kappa shape index (κ3) is 11.2. The molecule has 0 saturated heterocycles. The first-order chi connectivity index (χ1) is 69.3. The summed E-state index contributed by atoms with van der Waals surface area (Å²) in [6.45, 7) is 10.5. The number of thiophene rings is 1. The van der Waals surface area contributed by atoms with Crippen molar-refractivity contribution >= 4 is 132 Å². The van der Waals surface area contributed by atoms with E-state index < -0.39 is 276 Å². The lowest BCUT2D eigenvalue weighted by Crippen LogP contribution is -2.61. The van der Waals surface area contributed by atoms with Gasteiger partial charge in [0.15, 0.2) is 0 Å². The second-order valence-corrected chi connectivity index (χ2v) is 32.3. The molecule has 550 valence electrons. The Morgan fingerprint density at radius 2 is 0.664 bits per heavy atom. The highest BCUT2D eigenvalue weighted by Crippen LogP contribution is 2.56. The van der Waals surface area contributed by atoms with E-state index in [2.05, 4.69) is 47.6 Å². The molecule has 0 aliphatic carbocycles. The van der Waals surface area contributed by atoms with E-state index >= 15 is 0 Å². The molecule has 0 spiro atoms. The molecule has 22 rings (SSSR count). The Labute approximate surface area is 723 Å². The van der Waals surface area contributed by atoms with Crippen molar-refractivity contribution in [1.82, 2.24) is 9.13 Å². The first kappa shape index (κ1) is 44.6. The van der Waals surface area contributed by atoms with E-state index in [4.69, 9.17) is 8.22 Å². The summed E-state index contributed by atoms with van der Waals surface area (Å²) in [6.07, 6.45) is 0. The van der Waals surface area contributed by atoms with Crippen molar-refractivity contribution < 1.29 is 41.1 Å². The summed E-state index contributed by atoms with van der Waals surface area (Å²) in [5.74, 6) is 0. The minimum Gasteiger partial charge on any atom is -0.310 e. The Kier molecular flexibility index (Phi) is 10.4. The molecular formula is C110H81BN4S. The fourth-order valence-corrected chi connectivity index (χ4v) is 17.8. The van der Waals surface area contributed by atoms with Gasteiger partial charge in [-0.1, -0.05) is 308 Å². The fraction of sp³-hybridized carbons (Fsp3) is 0.0727. The Bertz CT molecular complexity index is 8630. The van der Waals surface area contributed by atoms with Crippen LogP contribution in [0.15, 0.2) is 381 Å². The molecule has 17 aromatic carbocycles. The molecule has 0 bridgehead atoms. The van der Waals surface area contributed by atoms with Gasteiger partial charge in [-0.2, -0.15) is 0 Å². The SMILES string of the molecule is [2H]c1c([2H])c([2H])c(-c2c([2H])c([2H])c3c(c2[2H])c2c([2H])c([2H])c([2H])c([2H])c2n3-c2c([2H])c([2H])c3c(c2[2H])N(c2c(-c4ccccc4)cc(C(C)(C)C)cc2-c2ccccc2)c2cc(-c4ccc5sc6ccccc6c5c4)cc4c2B3c2c([2H])c([2H])c(-n3c5c([2H])c([2H])c([2H])c([2H])c5c5c([2H])c(-c6c([2H])c([2H])c([2H])c([2H])c6[2H])c([2H])c([2H])c53)c([2H])c2N4c2c(-c3ccccc3)cc(C(C)(C)C)cc2-c2ccccc2)c([2H])c1[2H]. The second-order valence-electron chi connectivity index (χ2n) is 31.2. The smallest absolute Gasteiger partial charge is 0.252 e. The normalized spacial score (nSPS) is 16.3. The van der Waals surface area contributed by atoms with Gasteiger partial charge in [-0.25, -0.2) is 0 Å². The molecule has 2 aliphatic heterocycles. The van der Waals surface area contributed by atoms with Gasteiger partial charge in [0.05, 0.1) is 74.6 Å². The molecule has 116 heavy (non-hydrogen) atoms. The maximum Gasteiger partial charge on any atom is 0.252 e. The van der Waals surface area contributed by atoms with Gasteiger partial charge in [0, 0.05) is 98.1 Å². The molecule has 0 atom stereocenters. The number of benzene rings is 17. The maximum absolute atomic E-state index is 12.1. The van der Waals surface area contributed by atoms with Gasteiger partial charge >= 0.3 is 0 Å². The number of para-hydroxylation sites is 2. The van der Waals surface area contributed by atoms with Gasteiger partial charge in [-0.3, -0.25) is 0 Å². The van der Waals surface area contributed by atoms with Gasteiger partial charge in [-0.15, -0.1) is 11.3 Å². The van der Waals surface area contributed by atoms with Crippen LogP contribution < -0.4 is 26.2 Å². The standard InChI is InChI=1S/C110H81BN4S/c1-109(2,3)80-64-87(72-35-17-9-18-36-72)107(88(65-80)73-37-19-10-20-38-73)114-100-68-82(112-96-46-28-25-43-84(96)91-59-76(49-56-98(91)112)70-31-13-7-14-32-70)52-54-94(100)111-95-55-53-83(113-97-47-29-26-44-85(97)92-60-77(50-57-99(92)113)71-33-15-8-16-34-71)69-101(95)115(103-63-79(62-102(114)106(103)111)78-51-58-105-93(61-78)86-45-27-30-48-104(86)116-105)108-89(74-39-21-11-22-40-74)66-81(110(4,5)6)67-90(108)75-41-23-12-24-42-75/h7-69H,1-6H3/i7D,8D,13D,14D,15D,16D,25D,26D,28D,29D,31D,32D,33D,34D,43D,44D,46D,47D,49D,50D,52D,53D,54D,55D,56D,57D,59D,60D,68D,69D.